The SMILES string of the molecule is Fc1ccc(-n2ccc(-c3ccccc3)n2)cc1. The molecule has 0 unspecified atom stereocenters. The highest BCUT2D eigenvalue weighted by Crippen LogP contribution is 2.18. The van der Waals surface area contributed by atoms with Crippen LogP contribution in [0.15, 0.2) is 66.9 Å². The van der Waals surface area contributed by atoms with Crippen LogP contribution >= 0.6 is 0 Å². The van der Waals surface area contributed by atoms with Crippen molar-refractivity contribution >= 4 is 0 Å². The van der Waals surface area contributed by atoms with Gasteiger partial charge >= 0.3 is 0 Å². The van der Waals surface area contributed by atoms with Crippen molar-refractivity contribution in [3.05, 3.63) is 72.7 Å². The maximum Gasteiger partial charge on any atom is 0.123 e. The van der Waals surface area contributed by atoms with Crippen LogP contribution in [0.5, 0.6) is 0 Å². The first-order valence-corrected chi connectivity index (χ1v) is 5.70. The van der Waals surface area contributed by atoms with Crippen molar-refractivity contribution in [2.75, 3.05) is 0 Å². The second-order valence-corrected chi connectivity index (χ2v) is 3.99. The Kier molecular flexibility index (Phi) is 2.65. The fraction of sp³-hybridized carbons (Fsp3) is 0. The molecule has 0 N–H and O–H groups in total. The van der Waals surface area contributed by atoms with E-state index in [1.54, 1.807) is 16.8 Å². The third-order valence-electron chi connectivity index (χ3n) is 2.75. The highest BCUT2D eigenvalue weighted by Gasteiger charge is 2.03. The molecule has 1 aromatic heterocycles. The molecule has 0 bridgehead atoms. The Morgan fingerprint density at radius 2 is 1.56 bits per heavy atom. The molecule has 0 aliphatic carbocycles. The molecule has 0 spiro atoms. The Labute approximate surface area is 104 Å². The average molecular weight is 238 g/mol. The molecule has 88 valence electrons. The summed E-state index contributed by atoms with van der Waals surface area (Å²) in [5.74, 6) is -0.241. The fourth-order valence-corrected chi connectivity index (χ4v) is 1.82. The third kappa shape index (κ3) is 2.02. The minimum absolute atomic E-state index is 0.241. The average Bonchev–Trinajstić information content (AvgIpc) is 2.90. The summed E-state index contributed by atoms with van der Waals surface area (Å²) in [6, 6.07) is 18.2. The molecule has 3 heteroatoms. The zero-order valence-electron chi connectivity index (χ0n) is 9.62. The molecule has 0 aliphatic heterocycles. The summed E-state index contributed by atoms with van der Waals surface area (Å²) in [7, 11) is 0. The van der Waals surface area contributed by atoms with Crippen molar-refractivity contribution in [1.82, 2.24) is 9.78 Å². The Hall–Kier alpha value is -2.42. The minimum atomic E-state index is -0.241. The molecule has 0 fully saturated rings. The van der Waals surface area contributed by atoms with Gasteiger partial charge in [0.25, 0.3) is 0 Å². The molecule has 1 heterocycles. The van der Waals surface area contributed by atoms with Gasteiger partial charge in [-0.15, -0.1) is 0 Å². The molecule has 2 aromatic carbocycles. The summed E-state index contributed by atoms with van der Waals surface area (Å²) < 4.78 is 14.6. The number of hydrogen-bond acceptors (Lipinski definition) is 1. The van der Waals surface area contributed by atoms with Crippen LogP contribution in [0.4, 0.5) is 4.39 Å². The van der Waals surface area contributed by atoms with Gasteiger partial charge in [0.15, 0.2) is 0 Å². The van der Waals surface area contributed by atoms with Gasteiger partial charge in [0.1, 0.15) is 5.82 Å². The molecule has 0 radical (unpaired) electrons. The van der Waals surface area contributed by atoms with E-state index < -0.39 is 0 Å². The van der Waals surface area contributed by atoms with Gasteiger partial charge in [0.2, 0.25) is 0 Å². The molecule has 3 rings (SSSR count). The highest BCUT2D eigenvalue weighted by molar-refractivity contribution is 5.58. The molecule has 0 saturated heterocycles. The van der Waals surface area contributed by atoms with Gasteiger partial charge in [-0.1, -0.05) is 30.3 Å². The first-order valence-electron chi connectivity index (χ1n) is 5.70. The first kappa shape index (κ1) is 10.7. The van der Waals surface area contributed by atoms with Gasteiger partial charge in [-0.2, -0.15) is 5.10 Å². The monoisotopic (exact) mass is 238 g/mol. The van der Waals surface area contributed by atoms with E-state index in [9.17, 15) is 4.39 Å². The molecular formula is C15H11FN2. The summed E-state index contributed by atoms with van der Waals surface area (Å²) >= 11 is 0. The molecule has 2 nitrogen and oxygen atoms in total. The molecule has 0 amide bonds. The number of hydrogen-bond donors (Lipinski definition) is 0. The van der Waals surface area contributed by atoms with E-state index in [1.165, 1.54) is 12.1 Å². The summed E-state index contributed by atoms with van der Waals surface area (Å²) in [6.45, 7) is 0. The van der Waals surface area contributed by atoms with E-state index in [1.807, 2.05) is 42.6 Å². The van der Waals surface area contributed by atoms with Crippen molar-refractivity contribution in [2.45, 2.75) is 0 Å². The number of aromatic nitrogens is 2. The predicted molar refractivity (Wildman–Crippen MR) is 69.0 cm³/mol. The number of rotatable bonds is 2. The Bertz CT molecular complexity index is 642. The lowest BCUT2D eigenvalue weighted by molar-refractivity contribution is 0.627. The molecule has 0 aliphatic rings. The normalized spacial score (nSPS) is 10.5. The molecule has 3 aromatic rings. The van der Waals surface area contributed by atoms with E-state index in [0.717, 1.165) is 16.9 Å². The van der Waals surface area contributed by atoms with E-state index in [-0.39, 0.29) is 5.82 Å². The Balaban J connectivity index is 1.97. The van der Waals surface area contributed by atoms with Crippen LogP contribution in [0.3, 0.4) is 0 Å². The number of halogens is 1. The van der Waals surface area contributed by atoms with E-state index in [0.29, 0.717) is 0 Å². The third-order valence-corrected chi connectivity index (χ3v) is 2.75. The van der Waals surface area contributed by atoms with Crippen LogP contribution in [0.25, 0.3) is 16.9 Å². The predicted octanol–water partition coefficient (Wildman–Crippen LogP) is 3.68. The zero-order chi connectivity index (χ0) is 12.4. The van der Waals surface area contributed by atoms with Crippen molar-refractivity contribution in [2.24, 2.45) is 0 Å². The molecule has 18 heavy (non-hydrogen) atoms. The highest BCUT2D eigenvalue weighted by atomic mass is 19.1. The minimum Gasteiger partial charge on any atom is -0.240 e. The van der Waals surface area contributed by atoms with Crippen molar-refractivity contribution in [3.63, 3.8) is 0 Å². The summed E-state index contributed by atoms with van der Waals surface area (Å²) in [5, 5.41) is 4.47. The van der Waals surface area contributed by atoms with E-state index in [2.05, 4.69) is 5.10 Å². The maximum atomic E-state index is 12.8. The Morgan fingerprint density at radius 1 is 0.833 bits per heavy atom. The summed E-state index contributed by atoms with van der Waals surface area (Å²) in [6.07, 6.45) is 1.87. The molecule has 0 saturated carbocycles. The smallest absolute Gasteiger partial charge is 0.123 e. The lowest BCUT2D eigenvalue weighted by Crippen LogP contribution is -1.94. The van der Waals surface area contributed by atoms with Crippen LogP contribution in [0, 0.1) is 5.82 Å². The zero-order valence-corrected chi connectivity index (χ0v) is 9.62. The van der Waals surface area contributed by atoms with Crippen LogP contribution < -0.4 is 0 Å². The van der Waals surface area contributed by atoms with Gasteiger partial charge < -0.3 is 0 Å². The standard InChI is InChI=1S/C15H11FN2/c16-13-6-8-14(9-7-13)18-11-10-15(17-18)12-4-2-1-3-5-12/h1-11H. The maximum absolute atomic E-state index is 12.8. The quantitative estimate of drug-likeness (QED) is 0.666. The first-order chi connectivity index (χ1) is 8.83. The van der Waals surface area contributed by atoms with Crippen molar-refractivity contribution in [3.8, 4) is 16.9 Å². The van der Waals surface area contributed by atoms with Gasteiger partial charge in [-0.25, -0.2) is 9.07 Å². The number of benzene rings is 2. The number of nitrogens with zero attached hydrogens (tertiary/aromatic N) is 2. The lowest BCUT2D eigenvalue weighted by atomic mass is 10.2. The van der Waals surface area contributed by atoms with Crippen LogP contribution in [-0.4, -0.2) is 9.78 Å². The topological polar surface area (TPSA) is 17.8 Å². The van der Waals surface area contributed by atoms with Gasteiger partial charge in [-0.05, 0) is 30.3 Å². The summed E-state index contributed by atoms with van der Waals surface area (Å²) in [5.41, 5.74) is 2.82. The lowest BCUT2D eigenvalue weighted by Gasteiger charge is -2.00. The van der Waals surface area contributed by atoms with Crippen molar-refractivity contribution in [1.29, 1.82) is 0 Å². The van der Waals surface area contributed by atoms with E-state index >= 15 is 0 Å². The van der Waals surface area contributed by atoms with Crippen LogP contribution in [-0.2, 0) is 0 Å². The Morgan fingerprint density at radius 3 is 2.28 bits per heavy atom. The van der Waals surface area contributed by atoms with Gasteiger partial charge in [-0.3, -0.25) is 0 Å². The fourth-order valence-electron chi connectivity index (χ4n) is 1.82. The largest absolute Gasteiger partial charge is 0.240 e. The molecular weight excluding hydrogens is 227 g/mol. The molecule has 0 atom stereocenters. The second-order valence-electron chi connectivity index (χ2n) is 3.99. The van der Waals surface area contributed by atoms with Crippen molar-refractivity contribution < 1.29 is 4.39 Å². The van der Waals surface area contributed by atoms with E-state index in [4.69, 9.17) is 0 Å². The second kappa shape index (κ2) is 4.45. The van der Waals surface area contributed by atoms with Crippen LogP contribution in [0.1, 0.15) is 0 Å². The summed E-state index contributed by atoms with van der Waals surface area (Å²) in [4.78, 5) is 0. The van der Waals surface area contributed by atoms with Gasteiger partial charge in [0, 0.05) is 11.8 Å². The van der Waals surface area contributed by atoms with Gasteiger partial charge in [0.05, 0.1) is 11.4 Å². The van der Waals surface area contributed by atoms with Crippen LogP contribution in [0.2, 0.25) is 0 Å².